The molecule has 164 valence electrons. The van der Waals surface area contributed by atoms with Crippen molar-refractivity contribution in [2.75, 3.05) is 27.0 Å². The molecule has 0 spiro atoms. The Kier molecular flexibility index (Phi) is 5.27. The maximum absolute atomic E-state index is 6.28. The van der Waals surface area contributed by atoms with Crippen LogP contribution < -0.4 is 9.22 Å². The molecule has 1 saturated heterocycles. The SMILES string of the molecule is COc1cc(C)cc(C)c1-c1cccc2c([N+](C)(C3CC3)C3CCCO3)c(SC)nn12. The van der Waals surface area contributed by atoms with Crippen LogP contribution in [0, 0.1) is 13.8 Å². The van der Waals surface area contributed by atoms with Crippen molar-refractivity contribution < 1.29 is 9.47 Å². The molecule has 1 saturated carbocycles. The predicted molar refractivity (Wildman–Crippen MR) is 128 cm³/mol. The summed E-state index contributed by atoms with van der Waals surface area (Å²) < 4.78 is 15.1. The van der Waals surface area contributed by atoms with Crippen molar-refractivity contribution >= 4 is 23.0 Å². The molecule has 0 bridgehead atoms. The summed E-state index contributed by atoms with van der Waals surface area (Å²) in [5.74, 6) is 0.895. The zero-order valence-corrected chi connectivity index (χ0v) is 20.0. The minimum absolute atomic E-state index is 0.214. The average molecular weight is 439 g/mol. The first-order valence-electron chi connectivity index (χ1n) is 11.2. The third-order valence-corrected chi connectivity index (χ3v) is 7.67. The van der Waals surface area contributed by atoms with Crippen LogP contribution in [0.3, 0.4) is 0 Å². The van der Waals surface area contributed by atoms with Crippen LogP contribution in [0.15, 0.2) is 35.4 Å². The number of hydrogen-bond donors (Lipinski definition) is 0. The number of aryl methyl sites for hydroxylation is 2. The van der Waals surface area contributed by atoms with Gasteiger partial charge < -0.3 is 9.47 Å². The lowest BCUT2D eigenvalue weighted by atomic mass is 10.0. The van der Waals surface area contributed by atoms with Gasteiger partial charge in [-0.2, -0.15) is 5.10 Å². The molecule has 3 heterocycles. The van der Waals surface area contributed by atoms with E-state index in [1.165, 1.54) is 35.2 Å². The van der Waals surface area contributed by atoms with E-state index in [0.29, 0.717) is 6.04 Å². The van der Waals surface area contributed by atoms with E-state index in [0.717, 1.165) is 46.0 Å². The molecule has 0 N–H and O–H groups in total. The summed E-state index contributed by atoms with van der Waals surface area (Å²) in [6.07, 6.45) is 7.12. The van der Waals surface area contributed by atoms with Crippen LogP contribution in [0.2, 0.25) is 0 Å². The van der Waals surface area contributed by atoms with Gasteiger partial charge in [0.05, 0.1) is 32.5 Å². The number of nitrogens with zero attached hydrogens (tertiary/aromatic N) is 3. The number of pyridine rings is 1. The van der Waals surface area contributed by atoms with Crippen LogP contribution in [0.1, 0.15) is 36.8 Å². The summed E-state index contributed by atoms with van der Waals surface area (Å²) in [5, 5.41) is 6.25. The number of benzene rings is 1. The molecular weight excluding hydrogens is 406 g/mol. The van der Waals surface area contributed by atoms with Gasteiger partial charge in [0.25, 0.3) is 0 Å². The van der Waals surface area contributed by atoms with E-state index in [1.807, 2.05) is 0 Å². The Morgan fingerprint density at radius 2 is 2.00 bits per heavy atom. The number of aromatic nitrogens is 2. The number of fused-ring (bicyclic) bond motifs is 1. The average Bonchev–Trinajstić information content (AvgIpc) is 3.33. The van der Waals surface area contributed by atoms with Gasteiger partial charge in [0, 0.05) is 24.8 Å². The molecule has 31 heavy (non-hydrogen) atoms. The second kappa shape index (κ2) is 7.84. The maximum Gasteiger partial charge on any atom is 0.198 e. The smallest absolute Gasteiger partial charge is 0.198 e. The summed E-state index contributed by atoms with van der Waals surface area (Å²) in [6, 6.07) is 11.5. The van der Waals surface area contributed by atoms with E-state index >= 15 is 0 Å². The number of quaternary nitrogens is 1. The number of rotatable bonds is 6. The summed E-state index contributed by atoms with van der Waals surface area (Å²) in [4.78, 5) is 0. The molecule has 5 nitrogen and oxygen atoms in total. The second-order valence-electron chi connectivity index (χ2n) is 9.07. The van der Waals surface area contributed by atoms with E-state index in [1.54, 1.807) is 18.9 Å². The third kappa shape index (κ3) is 3.27. The van der Waals surface area contributed by atoms with Crippen LogP contribution in [-0.2, 0) is 4.74 Å². The van der Waals surface area contributed by atoms with Crippen LogP contribution in [-0.4, -0.2) is 48.9 Å². The highest BCUT2D eigenvalue weighted by Gasteiger charge is 2.52. The quantitative estimate of drug-likeness (QED) is 0.372. The zero-order chi connectivity index (χ0) is 21.8. The van der Waals surface area contributed by atoms with Gasteiger partial charge in [0.1, 0.15) is 11.3 Å². The van der Waals surface area contributed by atoms with Crippen molar-refractivity contribution in [3.8, 4) is 17.0 Å². The van der Waals surface area contributed by atoms with E-state index < -0.39 is 0 Å². The first-order chi connectivity index (χ1) is 15.0. The lowest BCUT2D eigenvalue weighted by Crippen LogP contribution is -2.55. The van der Waals surface area contributed by atoms with Crippen molar-refractivity contribution in [2.45, 2.75) is 56.8 Å². The monoisotopic (exact) mass is 438 g/mol. The van der Waals surface area contributed by atoms with Gasteiger partial charge in [0.15, 0.2) is 16.9 Å². The molecule has 1 aliphatic heterocycles. The first kappa shape index (κ1) is 20.9. The molecule has 1 aliphatic carbocycles. The number of thioether (sulfide) groups is 1. The van der Waals surface area contributed by atoms with Gasteiger partial charge in [-0.15, -0.1) is 11.8 Å². The number of methoxy groups -OCH3 is 1. The second-order valence-corrected chi connectivity index (χ2v) is 9.87. The fraction of sp³-hybridized carbons (Fsp3) is 0.480. The van der Waals surface area contributed by atoms with E-state index in [-0.39, 0.29) is 6.23 Å². The minimum atomic E-state index is 0.214. The fourth-order valence-corrected chi connectivity index (χ4v) is 6.05. The van der Waals surface area contributed by atoms with Crippen LogP contribution in [0.4, 0.5) is 5.69 Å². The van der Waals surface area contributed by atoms with Crippen molar-refractivity contribution in [3.05, 3.63) is 41.5 Å². The van der Waals surface area contributed by atoms with Crippen molar-refractivity contribution in [2.24, 2.45) is 0 Å². The standard InChI is InChI=1S/C25H32N3O2S/c1-16-14-17(2)23(21(15-16)29-4)19-8-6-9-20-24(25(31-5)26-27(19)20)28(3,18-11-12-18)22-10-7-13-30-22/h6,8-9,14-15,18,22H,7,10-13H2,1-5H3/q+1. The molecule has 0 amide bonds. The highest BCUT2D eigenvalue weighted by Crippen LogP contribution is 2.48. The Balaban J connectivity index is 1.77. The van der Waals surface area contributed by atoms with Gasteiger partial charge in [-0.3, -0.25) is 4.48 Å². The minimum Gasteiger partial charge on any atom is -0.496 e. The van der Waals surface area contributed by atoms with Crippen LogP contribution >= 0.6 is 11.8 Å². The van der Waals surface area contributed by atoms with E-state index in [2.05, 4.69) is 62.0 Å². The predicted octanol–water partition coefficient (Wildman–Crippen LogP) is 5.58. The Morgan fingerprint density at radius 3 is 2.65 bits per heavy atom. The maximum atomic E-state index is 6.28. The molecule has 2 unspecified atom stereocenters. The van der Waals surface area contributed by atoms with Gasteiger partial charge in [0.2, 0.25) is 0 Å². The van der Waals surface area contributed by atoms with Gasteiger partial charge in [-0.05, 0) is 55.9 Å². The summed E-state index contributed by atoms with van der Waals surface area (Å²) in [5.41, 5.74) is 7.07. The van der Waals surface area contributed by atoms with Crippen LogP contribution in [0.5, 0.6) is 5.75 Å². The largest absolute Gasteiger partial charge is 0.496 e. The Labute approximate surface area is 188 Å². The Morgan fingerprint density at radius 1 is 1.19 bits per heavy atom. The molecule has 2 aliphatic rings. The lowest BCUT2D eigenvalue weighted by molar-refractivity contribution is -0.00553. The fourth-order valence-electron chi connectivity index (χ4n) is 5.39. The Bertz CT molecular complexity index is 1130. The van der Waals surface area contributed by atoms with Crippen molar-refractivity contribution in [1.82, 2.24) is 14.1 Å². The third-order valence-electron chi connectivity index (χ3n) is 7.00. The number of hydrogen-bond acceptors (Lipinski definition) is 4. The molecule has 1 aromatic carbocycles. The molecule has 5 rings (SSSR count). The van der Waals surface area contributed by atoms with Crippen molar-refractivity contribution in [1.29, 1.82) is 0 Å². The molecule has 2 aromatic heterocycles. The van der Waals surface area contributed by atoms with Gasteiger partial charge >= 0.3 is 0 Å². The summed E-state index contributed by atoms with van der Waals surface area (Å²) in [7, 11) is 4.12. The molecule has 0 radical (unpaired) electrons. The molecule has 6 heteroatoms. The highest BCUT2D eigenvalue weighted by molar-refractivity contribution is 7.98. The lowest BCUT2D eigenvalue weighted by Gasteiger charge is -2.38. The van der Waals surface area contributed by atoms with E-state index in [4.69, 9.17) is 14.6 Å². The molecule has 2 atom stereocenters. The van der Waals surface area contributed by atoms with Crippen LogP contribution in [0.25, 0.3) is 16.8 Å². The first-order valence-corrected chi connectivity index (χ1v) is 12.4. The normalized spacial score (nSPS) is 20.9. The number of ether oxygens (including phenoxy) is 2. The molecule has 2 fully saturated rings. The summed E-state index contributed by atoms with van der Waals surface area (Å²) in [6.45, 7) is 5.13. The summed E-state index contributed by atoms with van der Waals surface area (Å²) >= 11 is 1.74. The van der Waals surface area contributed by atoms with Gasteiger partial charge in [-0.25, -0.2) is 4.52 Å². The van der Waals surface area contributed by atoms with E-state index in [9.17, 15) is 0 Å². The molecule has 3 aromatic rings. The van der Waals surface area contributed by atoms with Gasteiger partial charge in [-0.1, -0.05) is 12.1 Å². The topological polar surface area (TPSA) is 35.8 Å². The Hall–Kier alpha value is -2.02. The molecular formula is C25H32N3O2S+. The van der Waals surface area contributed by atoms with Crippen molar-refractivity contribution in [3.63, 3.8) is 0 Å². The highest BCUT2D eigenvalue weighted by atomic mass is 32.2. The zero-order valence-electron chi connectivity index (χ0n) is 19.1.